The average molecular weight is 793 g/mol. The van der Waals surface area contributed by atoms with Gasteiger partial charge >= 0.3 is 0 Å². The molecule has 0 radical (unpaired) electrons. The monoisotopic (exact) mass is 792 g/mol. The summed E-state index contributed by atoms with van der Waals surface area (Å²) in [5.41, 5.74) is 13.3. The molecule has 0 aliphatic carbocycles. The minimum absolute atomic E-state index is 0.553. The van der Waals surface area contributed by atoms with Crippen molar-refractivity contribution in [2.75, 3.05) is 0 Å². The van der Waals surface area contributed by atoms with Crippen LogP contribution in [0.1, 0.15) is 0 Å². The van der Waals surface area contributed by atoms with E-state index in [0.29, 0.717) is 17.6 Å². The summed E-state index contributed by atoms with van der Waals surface area (Å²) in [5.74, 6) is 1.78. The quantitative estimate of drug-likeness (QED) is 0.161. The van der Waals surface area contributed by atoms with Crippen molar-refractivity contribution in [3.63, 3.8) is 0 Å². The molecule has 0 saturated heterocycles. The number of pyridine rings is 1. The molecule has 4 aromatic heterocycles. The molecule has 0 aliphatic heterocycles. The Morgan fingerprint density at radius 2 is 0.726 bits per heavy atom. The number of para-hydroxylation sites is 2. The first-order chi connectivity index (χ1) is 30.7. The smallest absolute Gasteiger partial charge is 0.238 e. The summed E-state index contributed by atoms with van der Waals surface area (Å²) < 4.78 is 4.65. The van der Waals surface area contributed by atoms with Gasteiger partial charge in [0.25, 0.3) is 0 Å². The highest BCUT2D eigenvalue weighted by Gasteiger charge is 2.24. The Balaban J connectivity index is 1.14. The SMILES string of the molecule is c1ccc(-c2cc(-c3ccccc3)nc(-c3cccc(-n4c5ccccc5c5ccc6c7ccccc7n(-c7nc(-c8ccccc8)nc(-c8ccccc8)n7)c6c54)c3)c2)cc1. The second-order valence-corrected chi connectivity index (χ2v) is 15.5. The van der Waals surface area contributed by atoms with Crippen LogP contribution in [0.5, 0.6) is 0 Å². The van der Waals surface area contributed by atoms with Crippen LogP contribution in [0.15, 0.2) is 218 Å². The van der Waals surface area contributed by atoms with Gasteiger partial charge in [-0.15, -0.1) is 0 Å². The van der Waals surface area contributed by atoms with Crippen molar-refractivity contribution >= 4 is 43.6 Å². The van der Waals surface area contributed by atoms with Crippen molar-refractivity contribution < 1.29 is 0 Å². The zero-order chi connectivity index (χ0) is 41.0. The molecule has 0 atom stereocenters. The van der Waals surface area contributed by atoms with Crippen LogP contribution in [0.3, 0.4) is 0 Å². The second-order valence-electron chi connectivity index (χ2n) is 15.5. The number of rotatable bonds is 7. The largest absolute Gasteiger partial charge is 0.307 e. The number of benzene rings is 8. The third-order valence-corrected chi connectivity index (χ3v) is 11.8. The van der Waals surface area contributed by atoms with E-state index < -0.39 is 0 Å². The molecule has 12 rings (SSSR count). The number of aromatic nitrogens is 6. The highest BCUT2D eigenvalue weighted by Crippen LogP contribution is 2.42. The van der Waals surface area contributed by atoms with Gasteiger partial charge in [-0.3, -0.25) is 4.57 Å². The van der Waals surface area contributed by atoms with Gasteiger partial charge in [-0.25, -0.2) is 9.97 Å². The van der Waals surface area contributed by atoms with Crippen LogP contribution in [0.2, 0.25) is 0 Å². The van der Waals surface area contributed by atoms with Gasteiger partial charge in [-0.1, -0.05) is 182 Å². The summed E-state index contributed by atoms with van der Waals surface area (Å²) in [5, 5.41) is 4.53. The van der Waals surface area contributed by atoms with E-state index in [-0.39, 0.29) is 0 Å². The predicted octanol–water partition coefficient (Wildman–Crippen LogP) is 13.8. The molecule has 4 heterocycles. The molecule has 8 aromatic carbocycles. The van der Waals surface area contributed by atoms with Crippen LogP contribution in [0.4, 0.5) is 0 Å². The zero-order valence-corrected chi connectivity index (χ0v) is 33.5. The van der Waals surface area contributed by atoms with Crippen LogP contribution >= 0.6 is 0 Å². The average Bonchev–Trinajstić information content (AvgIpc) is 3.88. The Bertz CT molecular complexity index is 3500. The lowest BCUT2D eigenvalue weighted by molar-refractivity contribution is 0.953. The molecular formula is C56H36N6. The van der Waals surface area contributed by atoms with Crippen LogP contribution in [-0.2, 0) is 0 Å². The fraction of sp³-hybridized carbons (Fsp3) is 0. The molecule has 0 amide bonds. The lowest BCUT2D eigenvalue weighted by Gasteiger charge is -2.14. The van der Waals surface area contributed by atoms with E-state index in [1.54, 1.807) is 0 Å². The molecule has 0 saturated carbocycles. The molecule has 62 heavy (non-hydrogen) atoms. The fourth-order valence-corrected chi connectivity index (χ4v) is 8.91. The number of hydrogen-bond acceptors (Lipinski definition) is 4. The summed E-state index contributed by atoms with van der Waals surface area (Å²) in [6.07, 6.45) is 0. The molecule has 12 aromatic rings. The Morgan fingerprint density at radius 3 is 1.31 bits per heavy atom. The fourth-order valence-electron chi connectivity index (χ4n) is 8.91. The van der Waals surface area contributed by atoms with Gasteiger partial charge in [0.15, 0.2) is 11.6 Å². The Hall–Kier alpha value is -8.48. The maximum absolute atomic E-state index is 5.31. The van der Waals surface area contributed by atoms with Gasteiger partial charge < -0.3 is 4.57 Å². The Labute approximate surface area is 357 Å². The Kier molecular flexibility index (Phi) is 8.38. The minimum Gasteiger partial charge on any atom is -0.307 e. The first-order valence-corrected chi connectivity index (χ1v) is 20.8. The normalized spacial score (nSPS) is 11.5. The molecule has 0 spiro atoms. The Morgan fingerprint density at radius 1 is 0.274 bits per heavy atom. The van der Waals surface area contributed by atoms with Crippen molar-refractivity contribution in [1.82, 2.24) is 29.1 Å². The van der Waals surface area contributed by atoms with Gasteiger partial charge in [-0.05, 0) is 47.5 Å². The molecule has 0 aliphatic rings. The third kappa shape index (κ3) is 5.96. The number of fused-ring (bicyclic) bond motifs is 7. The molecule has 290 valence electrons. The molecule has 0 N–H and O–H groups in total. The molecule has 6 heteroatoms. The number of nitrogens with zero attached hydrogens (tertiary/aromatic N) is 6. The van der Waals surface area contributed by atoms with Crippen LogP contribution < -0.4 is 0 Å². The van der Waals surface area contributed by atoms with E-state index in [1.165, 1.54) is 0 Å². The number of hydrogen-bond donors (Lipinski definition) is 0. The summed E-state index contributed by atoms with van der Waals surface area (Å²) in [6, 6.07) is 76.2. The molecule has 6 nitrogen and oxygen atoms in total. The first-order valence-electron chi connectivity index (χ1n) is 20.8. The van der Waals surface area contributed by atoms with Gasteiger partial charge in [-0.2, -0.15) is 9.97 Å². The van der Waals surface area contributed by atoms with Crippen LogP contribution in [-0.4, -0.2) is 29.1 Å². The molecular weight excluding hydrogens is 757 g/mol. The lowest BCUT2D eigenvalue weighted by atomic mass is 10.00. The van der Waals surface area contributed by atoms with E-state index in [1.807, 2.05) is 42.5 Å². The van der Waals surface area contributed by atoms with Crippen LogP contribution in [0.25, 0.3) is 112 Å². The maximum atomic E-state index is 5.31. The maximum Gasteiger partial charge on any atom is 0.238 e. The highest BCUT2D eigenvalue weighted by atomic mass is 15.2. The van der Waals surface area contributed by atoms with Gasteiger partial charge in [0.2, 0.25) is 5.95 Å². The van der Waals surface area contributed by atoms with Crippen molar-refractivity contribution in [3.8, 4) is 68.1 Å². The van der Waals surface area contributed by atoms with Crippen molar-refractivity contribution in [2.45, 2.75) is 0 Å². The van der Waals surface area contributed by atoms with Crippen molar-refractivity contribution in [1.29, 1.82) is 0 Å². The molecule has 0 fully saturated rings. The second kappa shape index (κ2) is 14.7. The summed E-state index contributed by atoms with van der Waals surface area (Å²) in [7, 11) is 0. The highest BCUT2D eigenvalue weighted by molar-refractivity contribution is 6.23. The van der Waals surface area contributed by atoms with E-state index in [9.17, 15) is 0 Å². The zero-order valence-electron chi connectivity index (χ0n) is 33.5. The predicted molar refractivity (Wildman–Crippen MR) is 253 cm³/mol. The standard InChI is InChI=1S/C56H36N6/c1-5-18-37(19-6-1)42-35-48(38-20-7-2-8-21-38)57-49(36-42)41-26-17-27-43(34-41)61-50-30-15-13-28-44(50)46-32-33-47-45-29-14-16-31-51(45)62(53(47)52(46)61)56-59-54(39-22-9-3-10-23-39)58-55(60-56)40-24-11-4-12-25-40/h1-36H. The topological polar surface area (TPSA) is 61.4 Å². The molecule has 0 unspecified atom stereocenters. The summed E-state index contributed by atoms with van der Waals surface area (Å²) in [4.78, 5) is 20.9. The molecule has 0 bridgehead atoms. The van der Waals surface area contributed by atoms with Gasteiger partial charge in [0.05, 0.1) is 33.5 Å². The van der Waals surface area contributed by atoms with Crippen molar-refractivity contribution in [3.05, 3.63) is 218 Å². The van der Waals surface area contributed by atoms with E-state index in [2.05, 4.69) is 185 Å². The lowest BCUT2D eigenvalue weighted by Crippen LogP contribution is -2.07. The minimum atomic E-state index is 0.553. The summed E-state index contributed by atoms with van der Waals surface area (Å²) in [6.45, 7) is 0. The van der Waals surface area contributed by atoms with E-state index in [0.717, 1.165) is 94.1 Å². The third-order valence-electron chi connectivity index (χ3n) is 11.8. The van der Waals surface area contributed by atoms with E-state index >= 15 is 0 Å². The van der Waals surface area contributed by atoms with Gasteiger partial charge in [0, 0.05) is 49.5 Å². The first kappa shape index (κ1) is 35.5. The van der Waals surface area contributed by atoms with Crippen molar-refractivity contribution in [2.24, 2.45) is 0 Å². The van der Waals surface area contributed by atoms with Crippen LogP contribution in [0, 0.1) is 0 Å². The van der Waals surface area contributed by atoms with Gasteiger partial charge in [0.1, 0.15) is 0 Å². The van der Waals surface area contributed by atoms with E-state index in [4.69, 9.17) is 19.9 Å². The summed E-state index contributed by atoms with van der Waals surface area (Å²) >= 11 is 0.